The van der Waals surface area contributed by atoms with Gasteiger partial charge in [-0.3, -0.25) is 4.57 Å². The van der Waals surface area contributed by atoms with Crippen LogP contribution in [0.15, 0.2) is 41.3 Å². The van der Waals surface area contributed by atoms with E-state index in [1.54, 1.807) is 13.8 Å². The molecule has 0 radical (unpaired) electrons. The number of benzene rings is 1. The van der Waals surface area contributed by atoms with Crippen LogP contribution in [0.2, 0.25) is 0 Å². The van der Waals surface area contributed by atoms with Gasteiger partial charge in [0.15, 0.2) is 5.65 Å². The van der Waals surface area contributed by atoms with Gasteiger partial charge in [0.1, 0.15) is 5.75 Å². The third kappa shape index (κ3) is 3.67. The summed E-state index contributed by atoms with van der Waals surface area (Å²) in [6, 6.07) is 5.57. The lowest BCUT2D eigenvalue weighted by Gasteiger charge is -2.17. The second-order valence-electron chi connectivity index (χ2n) is 6.42. The Balaban J connectivity index is 2.21. The fourth-order valence-corrected chi connectivity index (χ4v) is 2.83. The number of aromatic carboxylic acids is 1. The van der Waals surface area contributed by atoms with Crippen molar-refractivity contribution in [3.63, 3.8) is 0 Å². The number of nitrogens with zero attached hydrogens (tertiary/aromatic N) is 3. The Morgan fingerprint density at radius 1 is 1.24 bits per heavy atom. The molecule has 29 heavy (non-hydrogen) atoms. The lowest BCUT2D eigenvalue weighted by Crippen LogP contribution is -2.33. The zero-order valence-corrected chi connectivity index (χ0v) is 15.1. The Bertz CT molecular complexity index is 1140. The van der Waals surface area contributed by atoms with Crippen LogP contribution in [0.4, 0.5) is 17.6 Å². The number of fused-ring (bicyclic) bond motifs is 1. The van der Waals surface area contributed by atoms with Crippen molar-refractivity contribution in [1.82, 2.24) is 14.1 Å². The van der Waals surface area contributed by atoms with E-state index in [1.807, 2.05) is 0 Å². The molecule has 0 saturated heterocycles. The Morgan fingerprint density at radius 2 is 1.93 bits per heavy atom. The summed E-state index contributed by atoms with van der Waals surface area (Å²) in [6.07, 6.45) is -7.69. The maximum absolute atomic E-state index is 13.2. The second kappa shape index (κ2) is 7.22. The van der Waals surface area contributed by atoms with Crippen LogP contribution in [-0.2, 0) is 0 Å². The van der Waals surface area contributed by atoms with E-state index in [-0.39, 0.29) is 28.5 Å². The Morgan fingerprint density at radius 3 is 2.52 bits per heavy atom. The smallest absolute Gasteiger partial charge is 0.461 e. The number of aromatic nitrogens is 3. The summed E-state index contributed by atoms with van der Waals surface area (Å²) in [4.78, 5) is 28.2. The number of alkyl halides is 4. The number of hydrogen-bond acceptors (Lipinski definition) is 4. The molecule has 0 spiro atoms. The van der Waals surface area contributed by atoms with E-state index < -0.39 is 29.9 Å². The third-order valence-corrected chi connectivity index (χ3v) is 4.06. The van der Waals surface area contributed by atoms with Crippen molar-refractivity contribution in [3.05, 3.63) is 52.6 Å². The minimum Gasteiger partial charge on any atom is -0.478 e. The summed E-state index contributed by atoms with van der Waals surface area (Å²) < 4.78 is 57.7. The van der Waals surface area contributed by atoms with Gasteiger partial charge in [-0.1, -0.05) is 6.07 Å². The molecule has 3 rings (SSSR count). The second-order valence-corrected chi connectivity index (χ2v) is 6.42. The average Bonchev–Trinajstić information content (AvgIpc) is 2.92. The van der Waals surface area contributed by atoms with Crippen LogP contribution in [-0.4, -0.2) is 37.7 Å². The van der Waals surface area contributed by atoms with Gasteiger partial charge in [0, 0.05) is 18.3 Å². The minimum atomic E-state index is -4.70. The molecule has 0 aliphatic rings. The van der Waals surface area contributed by atoms with Crippen LogP contribution < -0.4 is 10.4 Å². The maximum Gasteiger partial charge on any atom is 0.461 e. The van der Waals surface area contributed by atoms with Crippen molar-refractivity contribution in [2.45, 2.75) is 32.4 Å². The van der Waals surface area contributed by atoms with E-state index >= 15 is 0 Å². The van der Waals surface area contributed by atoms with Gasteiger partial charge in [-0.15, -0.1) is 0 Å². The molecule has 0 fully saturated rings. The molecule has 0 bridgehead atoms. The topological polar surface area (TPSA) is 86.4 Å². The fourth-order valence-electron chi connectivity index (χ4n) is 2.83. The van der Waals surface area contributed by atoms with Gasteiger partial charge >= 0.3 is 24.2 Å². The number of hydrogen-bond donors (Lipinski definition) is 1. The SMILES string of the molecule is CC(C)n1c(=O)n(-c2cccc(OC(F)(F)C(F)F)c2)c2ncc(C(=O)O)cc21. The maximum atomic E-state index is 13.2. The zero-order chi connectivity index (χ0) is 21.5. The highest BCUT2D eigenvalue weighted by Gasteiger charge is 2.44. The van der Waals surface area contributed by atoms with E-state index in [0.29, 0.717) is 0 Å². The van der Waals surface area contributed by atoms with Crippen LogP contribution in [0.3, 0.4) is 0 Å². The lowest BCUT2D eigenvalue weighted by atomic mass is 10.2. The minimum absolute atomic E-state index is 0.0394. The summed E-state index contributed by atoms with van der Waals surface area (Å²) in [6.45, 7) is 3.39. The monoisotopic (exact) mass is 413 g/mol. The molecule has 0 aliphatic carbocycles. The van der Waals surface area contributed by atoms with Crippen molar-refractivity contribution in [2.24, 2.45) is 0 Å². The van der Waals surface area contributed by atoms with Crippen molar-refractivity contribution in [3.8, 4) is 11.4 Å². The van der Waals surface area contributed by atoms with Crippen molar-refractivity contribution >= 4 is 17.1 Å². The predicted molar refractivity (Wildman–Crippen MR) is 94.3 cm³/mol. The number of carboxylic acids is 1. The van der Waals surface area contributed by atoms with E-state index in [2.05, 4.69) is 9.72 Å². The first-order valence-corrected chi connectivity index (χ1v) is 8.34. The molecule has 1 N–H and O–H groups in total. The summed E-state index contributed by atoms with van der Waals surface area (Å²) in [5, 5.41) is 9.17. The highest BCUT2D eigenvalue weighted by molar-refractivity contribution is 5.91. The van der Waals surface area contributed by atoms with Crippen LogP contribution in [0.25, 0.3) is 16.9 Å². The first-order valence-electron chi connectivity index (χ1n) is 8.34. The molecule has 154 valence electrons. The molecule has 2 aromatic heterocycles. The fraction of sp³-hybridized carbons (Fsp3) is 0.278. The lowest BCUT2D eigenvalue weighted by molar-refractivity contribution is -0.253. The number of pyridine rings is 1. The number of imidazole rings is 1. The standard InChI is InChI=1S/C18H15F4N3O4/c1-9(2)24-13-6-10(15(26)27)8-23-14(13)25(17(24)28)11-4-3-5-12(7-11)29-18(21,22)16(19)20/h3-9,16H,1-2H3,(H,26,27). The highest BCUT2D eigenvalue weighted by Crippen LogP contribution is 2.29. The molecule has 1 aromatic carbocycles. The van der Waals surface area contributed by atoms with Crippen LogP contribution in [0.5, 0.6) is 5.75 Å². The van der Waals surface area contributed by atoms with E-state index in [0.717, 1.165) is 22.9 Å². The number of carboxylic acid groups (broad SMARTS) is 1. The van der Waals surface area contributed by atoms with Gasteiger partial charge in [-0.2, -0.15) is 17.6 Å². The van der Waals surface area contributed by atoms with Crippen LogP contribution in [0.1, 0.15) is 30.2 Å². The van der Waals surface area contributed by atoms with Crippen molar-refractivity contribution in [2.75, 3.05) is 0 Å². The number of ether oxygens (including phenoxy) is 1. The van der Waals surface area contributed by atoms with Gasteiger partial charge in [0.05, 0.1) is 16.8 Å². The average molecular weight is 413 g/mol. The summed E-state index contributed by atoms with van der Waals surface area (Å²) >= 11 is 0. The number of rotatable bonds is 6. The molecule has 3 aromatic rings. The van der Waals surface area contributed by atoms with Gasteiger partial charge in [-0.05, 0) is 32.0 Å². The van der Waals surface area contributed by atoms with E-state index in [4.69, 9.17) is 0 Å². The molecule has 11 heteroatoms. The van der Waals surface area contributed by atoms with Gasteiger partial charge in [-0.25, -0.2) is 19.1 Å². The molecule has 0 atom stereocenters. The van der Waals surface area contributed by atoms with Crippen molar-refractivity contribution < 1.29 is 32.2 Å². The first kappa shape index (κ1) is 20.4. The summed E-state index contributed by atoms with van der Waals surface area (Å²) in [5.74, 6) is -1.81. The van der Waals surface area contributed by atoms with Crippen molar-refractivity contribution in [1.29, 1.82) is 0 Å². The van der Waals surface area contributed by atoms with Gasteiger partial charge in [0.25, 0.3) is 0 Å². The molecule has 0 amide bonds. The molecular formula is C18H15F4N3O4. The summed E-state index contributed by atoms with van der Waals surface area (Å²) in [7, 11) is 0. The zero-order valence-electron chi connectivity index (χ0n) is 15.1. The van der Waals surface area contributed by atoms with Gasteiger partial charge < -0.3 is 9.84 Å². The van der Waals surface area contributed by atoms with E-state index in [1.165, 1.54) is 22.8 Å². The van der Waals surface area contributed by atoms with Crippen LogP contribution >= 0.6 is 0 Å². The quantitative estimate of drug-likeness (QED) is 0.623. The molecule has 0 saturated carbocycles. The molecule has 0 unspecified atom stereocenters. The number of carbonyl (C=O) groups is 1. The first-order chi connectivity index (χ1) is 13.5. The van der Waals surface area contributed by atoms with Crippen LogP contribution in [0, 0.1) is 0 Å². The molecule has 7 nitrogen and oxygen atoms in total. The summed E-state index contributed by atoms with van der Waals surface area (Å²) in [5.41, 5.74) is -0.418. The molecular weight excluding hydrogens is 398 g/mol. The van der Waals surface area contributed by atoms with E-state index in [9.17, 15) is 32.3 Å². The Labute approximate surface area is 160 Å². The predicted octanol–water partition coefficient (Wildman–Crippen LogP) is 3.70. The largest absolute Gasteiger partial charge is 0.478 e. The Kier molecular flexibility index (Phi) is 5.07. The highest BCUT2D eigenvalue weighted by atomic mass is 19.3. The van der Waals surface area contributed by atoms with Gasteiger partial charge in [0.2, 0.25) is 0 Å². The molecule has 2 heterocycles. The molecule has 0 aliphatic heterocycles. The normalized spacial score (nSPS) is 12.1. The third-order valence-electron chi connectivity index (χ3n) is 4.06. The number of halogens is 4. The Hall–Kier alpha value is -3.37.